The van der Waals surface area contributed by atoms with E-state index >= 15 is 0 Å². The van der Waals surface area contributed by atoms with Gasteiger partial charge in [-0.1, -0.05) is 69.4 Å². The zero-order chi connectivity index (χ0) is 25.2. The van der Waals surface area contributed by atoms with Crippen molar-refractivity contribution in [3.63, 3.8) is 0 Å². The van der Waals surface area contributed by atoms with Gasteiger partial charge in [0.15, 0.2) is 10.1 Å². The average Bonchev–Trinajstić information content (AvgIpc) is 3.36. The minimum absolute atomic E-state index is 0.0109. The second-order valence-corrected chi connectivity index (χ2v) is 11.4. The van der Waals surface area contributed by atoms with Crippen molar-refractivity contribution in [3.8, 4) is 11.8 Å². The van der Waals surface area contributed by atoms with Crippen molar-refractivity contribution in [1.29, 1.82) is 5.26 Å². The van der Waals surface area contributed by atoms with Crippen LogP contribution < -0.4 is 15.4 Å². The molecule has 2 N–H and O–H groups in total. The van der Waals surface area contributed by atoms with Gasteiger partial charge in [0.1, 0.15) is 11.6 Å². The van der Waals surface area contributed by atoms with Crippen molar-refractivity contribution >= 4 is 49.9 Å². The summed E-state index contributed by atoms with van der Waals surface area (Å²) < 4.78 is 7.23. The number of aromatic nitrogens is 2. The number of thioether (sulfide) groups is 1. The molecule has 1 atom stereocenters. The number of nitrogens with zero attached hydrogens (tertiary/aromatic N) is 4. The topological polar surface area (TPSA) is 105 Å². The number of anilines is 1. The Labute approximate surface area is 225 Å². The number of ketones is 1. The molecule has 2 aliphatic rings. The normalized spacial score (nSPS) is 17.8. The minimum Gasteiger partial charge on any atom is -0.496 e. The first-order valence-corrected chi connectivity index (χ1v) is 13.9. The van der Waals surface area contributed by atoms with Gasteiger partial charge < -0.3 is 10.5 Å². The maximum atomic E-state index is 13.4. The number of ether oxygens (including phenoxy) is 1. The fourth-order valence-electron chi connectivity index (χ4n) is 4.62. The molecule has 1 unspecified atom stereocenters. The molecule has 1 aliphatic carbocycles. The van der Waals surface area contributed by atoms with Crippen molar-refractivity contribution in [2.75, 3.05) is 12.0 Å². The number of carbonyl (C=O) groups excluding carboxylic acids is 1. The van der Waals surface area contributed by atoms with Gasteiger partial charge in [-0.2, -0.15) is 5.26 Å². The van der Waals surface area contributed by atoms with E-state index in [1.54, 1.807) is 23.8 Å². The van der Waals surface area contributed by atoms with Crippen LogP contribution in [0, 0.1) is 11.3 Å². The Bertz CT molecular complexity index is 1430. The number of benzene rings is 2. The van der Waals surface area contributed by atoms with Crippen LogP contribution in [0.5, 0.6) is 5.75 Å². The van der Waals surface area contributed by atoms with Gasteiger partial charge in [0.25, 0.3) is 0 Å². The molecular weight excluding hydrogens is 558 g/mol. The molecule has 0 fully saturated rings. The van der Waals surface area contributed by atoms with E-state index in [-0.39, 0.29) is 11.6 Å². The molecule has 7 nitrogen and oxygen atoms in total. The number of hydrogen-bond donors (Lipinski definition) is 1. The highest BCUT2D eigenvalue weighted by molar-refractivity contribution is 9.10. The highest BCUT2D eigenvalue weighted by Gasteiger charge is 2.42. The summed E-state index contributed by atoms with van der Waals surface area (Å²) in [5.41, 5.74) is 10.2. The number of methoxy groups -OCH3 is 1. The standard InChI is InChI=1S/C26H22BrN5O2S2/c1-34-21-11-10-16(27)12-17(21)22-18(13-28)24(29)32(19-8-5-9-20(33)23(19)22)25-30-31-26(36-25)35-14-15-6-3-2-4-7-15/h2-4,6-7,10-12,22H,5,8-9,14,29H2,1H3. The molecule has 10 heteroatoms. The van der Waals surface area contributed by atoms with Gasteiger partial charge in [0.2, 0.25) is 5.13 Å². The summed E-state index contributed by atoms with van der Waals surface area (Å²) in [4.78, 5) is 15.1. The number of carbonyl (C=O) groups is 1. The molecule has 5 rings (SSSR count). The first-order valence-electron chi connectivity index (χ1n) is 11.3. The van der Waals surface area contributed by atoms with E-state index < -0.39 is 5.92 Å². The fourth-order valence-corrected chi connectivity index (χ4v) is 6.83. The maximum Gasteiger partial charge on any atom is 0.219 e. The smallest absolute Gasteiger partial charge is 0.219 e. The monoisotopic (exact) mass is 579 g/mol. The Morgan fingerprint density at radius 1 is 1.25 bits per heavy atom. The van der Waals surface area contributed by atoms with Crippen LogP contribution in [-0.2, 0) is 10.5 Å². The van der Waals surface area contributed by atoms with Crippen LogP contribution in [0.1, 0.15) is 36.3 Å². The van der Waals surface area contributed by atoms with Gasteiger partial charge in [-0.3, -0.25) is 9.69 Å². The molecule has 0 bridgehead atoms. The zero-order valence-corrected chi connectivity index (χ0v) is 22.6. The van der Waals surface area contributed by atoms with Crippen molar-refractivity contribution in [2.24, 2.45) is 5.73 Å². The zero-order valence-electron chi connectivity index (χ0n) is 19.4. The molecule has 0 spiro atoms. The number of nitriles is 1. The Balaban J connectivity index is 1.58. The first kappa shape index (κ1) is 24.6. The molecule has 0 radical (unpaired) electrons. The highest BCUT2D eigenvalue weighted by atomic mass is 79.9. The van der Waals surface area contributed by atoms with Crippen LogP contribution in [0.25, 0.3) is 0 Å². The predicted molar refractivity (Wildman–Crippen MR) is 145 cm³/mol. The molecule has 1 aromatic heterocycles. The van der Waals surface area contributed by atoms with Crippen molar-refractivity contribution in [3.05, 3.63) is 86.8 Å². The molecule has 0 saturated carbocycles. The third kappa shape index (κ3) is 4.54. The van der Waals surface area contributed by atoms with Gasteiger partial charge in [-0.25, -0.2) is 0 Å². The summed E-state index contributed by atoms with van der Waals surface area (Å²) in [6.07, 6.45) is 1.78. The minimum atomic E-state index is -0.610. The third-order valence-electron chi connectivity index (χ3n) is 6.21. The molecule has 0 saturated heterocycles. The van der Waals surface area contributed by atoms with Gasteiger partial charge in [0, 0.05) is 33.5 Å². The van der Waals surface area contributed by atoms with Crippen molar-refractivity contribution < 1.29 is 9.53 Å². The van der Waals surface area contributed by atoms with E-state index in [1.807, 2.05) is 36.4 Å². The van der Waals surface area contributed by atoms with Crippen LogP contribution >= 0.6 is 39.0 Å². The largest absolute Gasteiger partial charge is 0.496 e. The van der Waals surface area contributed by atoms with Crippen LogP contribution in [0.3, 0.4) is 0 Å². The Hall–Kier alpha value is -3.13. The number of halogens is 1. The number of nitrogens with two attached hydrogens (primary N) is 1. The Kier molecular flexibility index (Phi) is 7.14. The number of Topliss-reactive ketones (excluding diaryl/α,β-unsaturated/α-hetero) is 1. The summed E-state index contributed by atoms with van der Waals surface area (Å²) in [5.74, 6) is 1.03. The lowest BCUT2D eigenvalue weighted by atomic mass is 9.75. The van der Waals surface area contributed by atoms with E-state index in [1.165, 1.54) is 16.9 Å². The summed E-state index contributed by atoms with van der Waals surface area (Å²) in [6.45, 7) is 0. The molecule has 1 aliphatic heterocycles. The first-order chi connectivity index (χ1) is 17.5. The second kappa shape index (κ2) is 10.5. The highest BCUT2D eigenvalue weighted by Crippen LogP contribution is 2.49. The molecule has 2 aromatic carbocycles. The number of hydrogen-bond acceptors (Lipinski definition) is 9. The summed E-state index contributed by atoms with van der Waals surface area (Å²) in [7, 11) is 1.58. The lowest BCUT2D eigenvalue weighted by Gasteiger charge is -2.38. The van der Waals surface area contributed by atoms with Crippen LogP contribution in [0.2, 0.25) is 0 Å². The van der Waals surface area contributed by atoms with Gasteiger partial charge in [-0.05, 0) is 36.6 Å². The van der Waals surface area contributed by atoms with E-state index in [0.29, 0.717) is 41.3 Å². The van der Waals surface area contributed by atoms with E-state index in [0.717, 1.165) is 25.8 Å². The average molecular weight is 581 g/mol. The lowest BCUT2D eigenvalue weighted by molar-refractivity contribution is -0.116. The summed E-state index contributed by atoms with van der Waals surface area (Å²) in [5, 5.41) is 19.6. The molecule has 2 heterocycles. The van der Waals surface area contributed by atoms with E-state index in [4.69, 9.17) is 10.5 Å². The number of rotatable bonds is 6. The van der Waals surface area contributed by atoms with Crippen LogP contribution in [0.15, 0.2) is 80.0 Å². The molecule has 0 amide bonds. The van der Waals surface area contributed by atoms with Gasteiger partial charge >= 0.3 is 0 Å². The SMILES string of the molecule is COc1ccc(Br)cc1C1C(C#N)=C(N)N(c2nnc(SCc3ccccc3)s2)C2=C1C(=O)CCC2. The van der Waals surface area contributed by atoms with Crippen LogP contribution in [-0.4, -0.2) is 23.1 Å². The molecular formula is C26H22BrN5O2S2. The quantitative estimate of drug-likeness (QED) is 0.359. The van der Waals surface area contributed by atoms with Gasteiger partial charge in [-0.15, -0.1) is 10.2 Å². The Morgan fingerprint density at radius 3 is 2.81 bits per heavy atom. The Morgan fingerprint density at radius 2 is 2.06 bits per heavy atom. The third-order valence-corrected chi connectivity index (χ3v) is 8.81. The summed E-state index contributed by atoms with van der Waals surface area (Å²) >= 11 is 6.52. The van der Waals surface area contributed by atoms with Gasteiger partial charge in [0.05, 0.1) is 24.7 Å². The van der Waals surface area contributed by atoms with Crippen LogP contribution in [0.4, 0.5) is 5.13 Å². The molecule has 3 aromatic rings. The van der Waals surface area contributed by atoms with Crippen molar-refractivity contribution in [1.82, 2.24) is 10.2 Å². The fraction of sp³-hybridized carbons (Fsp3) is 0.231. The van der Waals surface area contributed by atoms with E-state index in [2.05, 4.69) is 44.3 Å². The summed E-state index contributed by atoms with van der Waals surface area (Å²) in [6, 6.07) is 18.0. The van der Waals surface area contributed by atoms with E-state index in [9.17, 15) is 10.1 Å². The predicted octanol–water partition coefficient (Wildman–Crippen LogP) is 5.91. The lowest BCUT2D eigenvalue weighted by Crippen LogP contribution is -2.38. The second-order valence-electron chi connectivity index (χ2n) is 8.33. The van der Waals surface area contributed by atoms with Crippen molar-refractivity contribution in [2.45, 2.75) is 35.3 Å². The maximum absolute atomic E-state index is 13.4. The number of allylic oxidation sites excluding steroid dienone is 3. The molecule has 36 heavy (non-hydrogen) atoms. The molecule has 182 valence electrons.